The summed E-state index contributed by atoms with van der Waals surface area (Å²) in [5.41, 5.74) is 0. The van der Waals surface area contributed by atoms with Crippen molar-refractivity contribution < 1.29 is 75.8 Å². The summed E-state index contributed by atoms with van der Waals surface area (Å²) < 4.78 is 61.6. The molecular weight excluding hydrogens is 1560 g/mol. The van der Waals surface area contributed by atoms with Gasteiger partial charge in [0.25, 0.3) is 0 Å². The molecule has 18 heteroatoms. The van der Waals surface area contributed by atoms with E-state index in [1.165, 1.54) is 173 Å². The second-order valence-electron chi connectivity index (χ2n) is 32.1. The minimum Gasteiger partial charge on any atom is -0.463 e. The van der Waals surface area contributed by atoms with Crippen LogP contribution in [0, 0.1) is 0 Å². The molecule has 0 aromatic heterocycles. The third-order valence-corrected chi connectivity index (χ3v) is 22.3. The average molecular weight is 1730 g/mol. The Morgan fingerprint density at radius 3 is 0.694 bits per heavy atom. The Labute approximate surface area is 739 Å². The molecule has 16 nitrogen and oxygen atoms in total. The number of phosphoric acid groups is 2. The summed E-state index contributed by atoms with van der Waals surface area (Å²) in [6.45, 7) is 2.55. The second-order valence-corrected chi connectivity index (χ2v) is 35.0. The summed E-state index contributed by atoms with van der Waals surface area (Å²) >= 11 is 0. The standard InChI is InChI=1S/C103H176O16P2/c1-4-7-10-13-16-19-22-25-28-31-34-37-40-42-44-45-46-47-48-49-50-51-53-55-57-59-62-65-68-71-74-77-80-83-86-89-101(106)113-92-98(104)93-115-120(109,110)116-94-99(105)95-117-121(111,112)118-97-100(119-103(108)91-88-85-82-79-76-73-70-67-64-61-56-39-36-33-30-27-24-21-18-15-12-9-6-3)96-114-102(107)90-87-84-81-78-75-72-69-66-63-60-58-54-52-43-41-38-35-32-29-26-23-20-17-14-11-8-5-2/h7,10,16-21,25-30,34-39,42-44,46-47,52,61,64,98-100,104-105H,4-6,8-9,11-15,22-24,31-33,40-41,45,48-51,53-60,62-63,65-97H2,1-3H3,(H,109,110)(H,111,112)/b10-7-,19-16-,20-17-,21-18-,28-25-,29-26-,30-27-,37-34-,38-35-,39-36-,44-42-,47-46-,52-43-,64-61-. The average Bonchev–Trinajstić information content (AvgIpc) is 0.870. The summed E-state index contributed by atoms with van der Waals surface area (Å²) in [6, 6.07) is 0. The lowest BCUT2D eigenvalue weighted by Gasteiger charge is -2.21. The number of carbonyl (C=O) groups excluding carboxylic acids is 3. The number of aliphatic hydroxyl groups is 2. The monoisotopic (exact) mass is 1730 g/mol. The van der Waals surface area contributed by atoms with Gasteiger partial charge in [-0.25, -0.2) is 9.13 Å². The van der Waals surface area contributed by atoms with Gasteiger partial charge < -0.3 is 34.2 Å². The minimum absolute atomic E-state index is 0.0883. The van der Waals surface area contributed by atoms with Crippen LogP contribution in [0.1, 0.15) is 406 Å². The highest BCUT2D eigenvalue weighted by Gasteiger charge is 2.30. The Bertz CT molecular complexity index is 2880. The first-order chi connectivity index (χ1) is 59.2. The summed E-state index contributed by atoms with van der Waals surface area (Å²) in [5.74, 6) is -1.58. The van der Waals surface area contributed by atoms with Crippen LogP contribution in [0.5, 0.6) is 0 Å². The molecule has 0 aliphatic rings. The number of aliphatic hydroxyl groups excluding tert-OH is 2. The molecule has 5 atom stereocenters. The van der Waals surface area contributed by atoms with Gasteiger partial charge in [0.1, 0.15) is 25.4 Å². The molecular formula is C103H176O16P2. The zero-order valence-electron chi connectivity index (χ0n) is 76.6. The summed E-state index contributed by atoms with van der Waals surface area (Å²) in [7, 11) is -9.82. The van der Waals surface area contributed by atoms with Crippen molar-refractivity contribution in [3.05, 3.63) is 170 Å². The molecule has 0 aliphatic carbocycles. The van der Waals surface area contributed by atoms with Crippen LogP contribution in [0.25, 0.3) is 0 Å². The largest absolute Gasteiger partial charge is 0.472 e. The van der Waals surface area contributed by atoms with Crippen LogP contribution in [-0.4, -0.2) is 95.9 Å². The summed E-state index contributed by atoms with van der Waals surface area (Å²) in [4.78, 5) is 59.1. The van der Waals surface area contributed by atoms with Crippen LogP contribution in [-0.2, 0) is 55.8 Å². The van der Waals surface area contributed by atoms with Crippen LogP contribution < -0.4 is 0 Å². The van der Waals surface area contributed by atoms with Crippen LogP contribution in [0.15, 0.2) is 170 Å². The molecule has 0 aromatic carbocycles. The van der Waals surface area contributed by atoms with Crippen molar-refractivity contribution in [2.24, 2.45) is 0 Å². The van der Waals surface area contributed by atoms with Crippen LogP contribution >= 0.6 is 15.6 Å². The Hall–Kier alpha value is -5.09. The van der Waals surface area contributed by atoms with Crippen molar-refractivity contribution in [2.75, 3.05) is 39.6 Å². The minimum atomic E-state index is -4.95. The van der Waals surface area contributed by atoms with Crippen molar-refractivity contribution in [2.45, 2.75) is 424 Å². The van der Waals surface area contributed by atoms with Gasteiger partial charge >= 0.3 is 33.6 Å². The molecule has 0 spiro atoms. The molecule has 0 saturated carbocycles. The van der Waals surface area contributed by atoms with E-state index in [1.807, 2.05) is 0 Å². The normalized spacial score (nSPS) is 14.5. The topological polar surface area (TPSA) is 231 Å². The molecule has 0 amide bonds. The zero-order valence-corrected chi connectivity index (χ0v) is 78.4. The van der Waals surface area contributed by atoms with E-state index >= 15 is 0 Å². The molecule has 121 heavy (non-hydrogen) atoms. The molecule has 0 fully saturated rings. The van der Waals surface area contributed by atoms with Crippen LogP contribution in [0.3, 0.4) is 0 Å². The van der Waals surface area contributed by atoms with Crippen molar-refractivity contribution in [1.29, 1.82) is 0 Å². The maximum Gasteiger partial charge on any atom is 0.472 e. The molecule has 5 unspecified atom stereocenters. The van der Waals surface area contributed by atoms with Crippen molar-refractivity contribution in [1.82, 2.24) is 0 Å². The van der Waals surface area contributed by atoms with Crippen molar-refractivity contribution in [3.8, 4) is 0 Å². The fraction of sp³-hybridized carbons (Fsp3) is 0.699. The smallest absolute Gasteiger partial charge is 0.463 e. The summed E-state index contributed by atoms with van der Waals surface area (Å²) in [6.07, 6.45) is 123. The Balaban J connectivity index is 4.57. The quantitative estimate of drug-likeness (QED) is 0.0146. The SMILES string of the molecule is CC/C=C\C/C=C\C/C=C\C/C=C\C/C=C\C/C=C\CCCCCCCCCCCCCCCCCCC(=O)OCC(O)COP(=O)(O)OCC(O)COP(=O)(O)OCC(COC(=O)CCCCCCCCCCCCC/C=C\C/C=C\C/C=C\C/C=C\CCCCC)OC(=O)CCCCCCCCC/C=C\C/C=C\C/C=C\C/C=C\CCCCC. The highest BCUT2D eigenvalue weighted by Crippen LogP contribution is 2.45. The van der Waals surface area contributed by atoms with E-state index in [0.717, 1.165) is 173 Å². The van der Waals surface area contributed by atoms with E-state index < -0.39 is 91.5 Å². The number of hydrogen-bond donors (Lipinski definition) is 4. The molecule has 0 saturated heterocycles. The number of allylic oxidation sites excluding steroid dienone is 28. The number of unbranched alkanes of at least 4 members (excludes halogenated alkanes) is 40. The van der Waals surface area contributed by atoms with E-state index in [4.69, 9.17) is 32.3 Å². The lowest BCUT2D eigenvalue weighted by Crippen LogP contribution is -2.30. The number of carbonyl (C=O) groups is 3. The van der Waals surface area contributed by atoms with Crippen molar-refractivity contribution >= 4 is 33.6 Å². The second kappa shape index (κ2) is 94.1. The van der Waals surface area contributed by atoms with Gasteiger partial charge in [0.15, 0.2) is 6.10 Å². The van der Waals surface area contributed by atoms with Gasteiger partial charge in [0, 0.05) is 19.3 Å². The third-order valence-electron chi connectivity index (χ3n) is 20.4. The molecule has 0 aliphatic heterocycles. The fourth-order valence-corrected chi connectivity index (χ4v) is 14.7. The van der Waals surface area contributed by atoms with Gasteiger partial charge in [0.05, 0.1) is 26.4 Å². The first kappa shape index (κ1) is 116. The zero-order chi connectivity index (χ0) is 87.9. The molecule has 0 aromatic rings. The highest BCUT2D eigenvalue weighted by atomic mass is 31.2. The highest BCUT2D eigenvalue weighted by molar-refractivity contribution is 7.47. The van der Waals surface area contributed by atoms with E-state index in [0.29, 0.717) is 19.3 Å². The predicted octanol–water partition coefficient (Wildman–Crippen LogP) is 30.2. The van der Waals surface area contributed by atoms with Gasteiger partial charge in [-0.15, -0.1) is 0 Å². The first-order valence-corrected chi connectivity index (χ1v) is 51.4. The number of esters is 3. The van der Waals surface area contributed by atoms with E-state index in [-0.39, 0.29) is 19.3 Å². The third kappa shape index (κ3) is 95.4. The molecule has 0 bridgehead atoms. The number of phosphoric ester groups is 2. The van der Waals surface area contributed by atoms with Gasteiger partial charge in [0.2, 0.25) is 0 Å². The van der Waals surface area contributed by atoms with Gasteiger partial charge in [-0.05, 0) is 161 Å². The Morgan fingerprint density at radius 2 is 0.438 bits per heavy atom. The van der Waals surface area contributed by atoms with E-state index in [9.17, 15) is 43.5 Å². The van der Waals surface area contributed by atoms with Crippen LogP contribution in [0.4, 0.5) is 0 Å². The van der Waals surface area contributed by atoms with Gasteiger partial charge in [-0.2, -0.15) is 0 Å². The predicted molar refractivity (Wildman–Crippen MR) is 509 cm³/mol. The molecule has 0 heterocycles. The van der Waals surface area contributed by atoms with Gasteiger partial charge in [-0.3, -0.25) is 32.5 Å². The van der Waals surface area contributed by atoms with Crippen LogP contribution in [0.2, 0.25) is 0 Å². The molecule has 4 N–H and O–H groups in total. The van der Waals surface area contributed by atoms with Crippen molar-refractivity contribution in [3.63, 3.8) is 0 Å². The molecule has 0 radical (unpaired) electrons. The number of rotatable bonds is 91. The summed E-state index contributed by atoms with van der Waals surface area (Å²) in [5, 5.41) is 20.8. The van der Waals surface area contributed by atoms with E-state index in [1.54, 1.807) is 0 Å². The lowest BCUT2D eigenvalue weighted by molar-refractivity contribution is -0.161. The number of ether oxygens (including phenoxy) is 3. The number of hydrogen-bond acceptors (Lipinski definition) is 14. The lowest BCUT2D eigenvalue weighted by atomic mass is 10.0. The Kier molecular flexibility index (Phi) is 90.1. The van der Waals surface area contributed by atoms with Gasteiger partial charge in [-0.1, -0.05) is 396 Å². The Morgan fingerprint density at radius 1 is 0.240 bits per heavy atom. The molecule has 0 rings (SSSR count). The molecule has 694 valence electrons. The maximum atomic E-state index is 13.1. The first-order valence-electron chi connectivity index (χ1n) is 48.4. The van der Waals surface area contributed by atoms with E-state index in [2.05, 4.69) is 191 Å². The fourth-order valence-electron chi connectivity index (χ4n) is 13.1. The maximum absolute atomic E-state index is 13.1.